The number of carboxylic acid groups (broad SMARTS) is 1. The molecule has 1 atom stereocenters. The minimum Gasteiger partial charge on any atom is -0.480 e. The second-order valence-corrected chi connectivity index (χ2v) is 6.71. The molecule has 1 aliphatic carbocycles. The van der Waals surface area contributed by atoms with Crippen molar-refractivity contribution >= 4 is 12.0 Å². The van der Waals surface area contributed by atoms with E-state index in [1.165, 1.54) is 25.7 Å². The molecule has 120 valence electrons. The van der Waals surface area contributed by atoms with Crippen molar-refractivity contribution in [3.63, 3.8) is 0 Å². The molecule has 2 N–H and O–H groups in total. The third-order valence-electron chi connectivity index (χ3n) is 4.98. The molecule has 2 amide bonds. The topological polar surface area (TPSA) is 72.9 Å². The molecule has 6 nitrogen and oxygen atoms in total. The zero-order valence-corrected chi connectivity index (χ0v) is 13.1. The molecule has 0 aromatic carbocycles. The summed E-state index contributed by atoms with van der Waals surface area (Å²) in [6.07, 6.45) is 4.91. The van der Waals surface area contributed by atoms with Gasteiger partial charge in [0.1, 0.15) is 6.04 Å². The van der Waals surface area contributed by atoms with Gasteiger partial charge in [-0.2, -0.15) is 0 Å². The number of carbonyl (C=O) groups excluding carboxylic acids is 1. The normalized spacial score (nSPS) is 23.8. The first-order valence-electron chi connectivity index (χ1n) is 7.91. The second-order valence-electron chi connectivity index (χ2n) is 6.71. The molecule has 0 radical (unpaired) electrons. The number of hydrogen-bond acceptors (Lipinski definition) is 3. The smallest absolute Gasteiger partial charge is 0.320 e. The minimum absolute atomic E-state index is 0.00856. The van der Waals surface area contributed by atoms with Crippen LogP contribution in [0.5, 0.6) is 0 Å². The van der Waals surface area contributed by atoms with Crippen LogP contribution in [-0.2, 0) is 4.79 Å². The van der Waals surface area contributed by atoms with Gasteiger partial charge in [-0.05, 0) is 25.2 Å². The van der Waals surface area contributed by atoms with Crippen LogP contribution in [0.4, 0.5) is 4.79 Å². The number of aliphatic carboxylic acids is 1. The molecule has 0 spiro atoms. The summed E-state index contributed by atoms with van der Waals surface area (Å²) in [6, 6.07) is -0.488. The number of carbonyl (C=O) groups is 2. The Morgan fingerprint density at radius 1 is 1.19 bits per heavy atom. The summed E-state index contributed by atoms with van der Waals surface area (Å²) in [5, 5.41) is 12.1. The van der Waals surface area contributed by atoms with Crippen LogP contribution in [0.15, 0.2) is 0 Å². The van der Waals surface area contributed by atoms with Crippen molar-refractivity contribution in [2.75, 3.05) is 32.7 Å². The Morgan fingerprint density at radius 3 is 2.29 bits per heavy atom. The van der Waals surface area contributed by atoms with E-state index in [0.29, 0.717) is 26.2 Å². The summed E-state index contributed by atoms with van der Waals surface area (Å²) in [5.41, 5.74) is 0.259. The average Bonchev–Trinajstić information content (AvgIpc) is 2.91. The van der Waals surface area contributed by atoms with Crippen LogP contribution in [0.3, 0.4) is 0 Å². The molecular weight excluding hydrogens is 270 g/mol. The van der Waals surface area contributed by atoms with Crippen LogP contribution >= 0.6 is 0 Å². The van der Waals surface area contributed by atoms with Gasteiger partial charge in [0.15, 0.2) is 0 Å². The number of amides is 2. The Hall–Kier alpha value is -1.30. The van der Waals surface area contributed by atoms with Crippen molar-refractivity contribution in [3.05, 3.63) is 0 Å². The fraction of sp³-hybridized carbons (Fsp3) is 0.867. The zero-order valence-electron chi connectivity index (χ0n) is 13.1. The SMILES string of the molecule is CC(C(=O)O)N1CCN(C(=O)NCC2(C)CCCC2)CC1. The number of urea groups is 1. The number of hydrogen-bond donors (Lipinski definition) is 2. The van der Waals surface area contributed by atoms with E-state index in [4.69, 9.17) is 5.11 Å². The lowest BCUT2D eigenvalue weighted by Crippen LogP contribution is -2.55. The van der Waals surface area contributed by atoms with Crippen molar-refractivity contribution in [2.24, 2.45) is 5.41 Å². The number of piperazine rings is 1. The van der Waals surface area contributed by atoms with E-state index in [2.05, 4.69) is 12.2 Å². The fourth-order valence-electron chi connectivity index (χ4n) is 3.27. The fourth-order valence-corrected chi connectivity index (χ4v) is 3.27. The van der Waals surface area contributed by atoms with Crippen LogP contribution < -0.4 is 5.32 Å². The lowest BCUT2D eigenvalue weighted by atomic mass is 9.89. The predicted octanol–water partition coefficient (Wildman–Crippen LogP) is 1.37. The van der Waals surface area contributed by atoms with Gasteiger partial charge in [0.2, 0.25) is 0 Å². The Balaban J connectivity index is 1.74. The molecule has 0 bridgehead atoms. The minimum atomic E-state index is -0.804. The van der Waals surface area contributed by atoms with E-state index in [1.807, 2.05) is 4.90 Å². The van der Waals surface area contributed by atoms with Crippen molar-refractivity contribution < 1.29 is 14.7 Å². The van der Waals surface area contributed by atoms with Crippen molar-refractivity contribution in [1.29, 1.82) is 0 Å². The third kappa shape index (κ3) is 4.09. The summed E-state index contributed by atoms with van der Waals surface area (Å²) < 4.78 is 0. The Morgan fingerprint density at radius 2 is 1.76 bits per heavy atom. The largest absolute Gasteiger partial charge is 0.480 e. The maximum absolute atomic E-state index is 12.2. The Labute approximate surface area is 126 Å². The van der Waals surface area contributed by atoms with Gasteiger partial charge >= 0.3 is 12.0 Å². The molecule has 2 rings (SSSR count). The molecule has 0 aromatic rings. The van der Waals surface area contributed by atoms with Crippen LogP contribution in [0.25, 0.3) is 0 Å². The highest BCUT2D eigenvalue weighted by atomic mass is 16.4. The molecule has 1 aliphatic heterocycles. The highest BCUT2D eigenvalue weighted by Gasteiger charge is 2.31. The van der Waals surface area contributed by atoms with Crippen LogP contribution in [0, 0.1) is 5.41 Å². The molecular formula is C15H27N3O3. The average molecular weight is 297 g/mol. The van der Waals surface area contributed by atoms with Gasteiger partial charge in [-0.1, -0.05) is 19.8 Å². The predicted molar refractivity (Wildman–Crippen MR) is 80.2 cm³/mol. The summed E-state index contributed by atoms with van der Waals surface area (Å²) in [4.78, 5) is 26.9. The monoisotopic (exact) mass is 297 g/mol. The van der Waals surface area contributed by atoms with Gasteiger partial charge in [-0.15, -0.1) is 0 Å². The van der Waals surface area contributed by atoms with Gasteiger partial charge in [0.05, 0.1) is 0 Å². The number of nitrogens with one attached hydrogen (secondary N) is 1. The van der Waals surface area contributed by atoms with Gasteiger partial charge in [0, 0.05) is 32.7 Å². The molecule has 2 fully saturated rings. The Kier molecular flexibility index (Phi) is 5.08. The highest BCUT2D eigenvalue weighted by molar-refractivity contribution is 5.75. The standard InChI is InChI=1S/C15H27N3O3/c1-12(13(19)20)17-7-9-18(10-8-17)14(21)16-11-15(2)5-3-4-6-15/h12H,3-11H2,1-2H3,(H,16,21)(H,19,20). The molecule has 1 unspecified atom stereocenters. The Bertz CT molecular complexity index is 386. The molecule has 1 saturated carbocycles. The molecule has 2 aliphatic rings. The summed E-state index contributed by atoms with van der Waals surface area (Å²) in [5.74, 6) is -0.804. The molecule has 6 heteroatoms. The van der Waals surface area contributed by atoms with E-state index >= 15 is 0 Å². The lowest BCUT2D eigenvalue weighted by molar-refractivity contribution is -0.143. The maximum atomic E-state index is 12.2. The van der Waals surface area contributed by atoms with Gasteiger partial charge < -0.3 is 15.3 Å². The summed E-state index contributed by atoms with van der Waals surface area (Å²) >= 11 is 0. The van der Waals surface area contributed by atoms with Gasteiger partial charge in [-0.3, -0.25) is 9.69 Å². The van der Waals surface area contributed by atoms with E-state index in [1.54, 1.807) is 11.8 Å². The van der Waals surface area contributed by atoms with Crippen molar-refractivity contribution in [1.82, 2.24) is 15.1 Å². The third-order valence-corrected chi connectivity index (χ3v) is 4.98. The number of carboxylic acids is 1. The van der Waals surface area contributed by atoms with Gasteiger partial charge in [0.25, 0.3) is 0 Å². The van der Waals surface area contributed by atoms with Crippen molar-refractivity contribution in [3.8, 4) is 0 Å². The first kappa shape index (κ1) is 16.1. The second kappa shape index (κ2) is 6.64. The molecule has 0 aromatic heterocycles. The van der Waals surface area contributed by atoms with E-state index in [-0.39, 0.29) is 11.4 Å². The zero-order chi connectivity index (χ0) is 15.5. The van der Waals surface area contributed by atoms with Crippen molar-refractivity contribution in [2.45, 2.75) is 45.6 Å². The maximum Gasteiger partial charge on any atom is 0.320 e. The van der Waals surface area contributed by atoms with Crippen LogP contribution in [-0.4, -0.2) is 65.7 Å². The first-order valence-corrected chi connectivity index (χ1v) is 7.91. The lowest BCUT2D eigenvalue weighted by Gasteiger charge is -2.37. The highest BCUT2D eigenvalue weighted by Crippen LogP contribution is 2.36. The summed E-state index contributed by atoms with van der Waals surface area (Å²) in [7, 11) is 0. The summed E-state index contributed by atoms with van der Waals surface area (Å²) in [6.45, 7) is 7.12. The van der Waals surface area contributed by atoms with E-state index in [9.17, 15) is 9.59 Å². The quantitative estimate of drug-likeness (QED) is 0.822. The number of nitrogens with zero attached hydrogens (tertiary/aromatic N) is 2. The first-order chi connectivity index (χ1) is 9.91. The van der Waals surface area contributed by atoms with Crippen LogP contribution in [0.2, 0.25) is 0 Å². The van der Waals surface area contributed by atoms with Gasteiger partial charge in [-0.25, -0.2) is 4.79 Å². The van der Waals surface area contributed by atoms with E-state index in [0.717, 1.165) is 6.54 Å². The molecule has 1 heterocycles. The van der Waals surface area contributed by atoms with Crippen LogP contribution in [0.1, 0.15) is 39.5 Å². The number of rotatable bonds is 4. The van der Waals surface area contributed by atoms with E-state index < -0.39 is 12.0 Å². The molecule has 21 heavy (non-hydrogen) atoms. The molecule has 1 saturated heterocycles.